The first kappa shape index (κ1) is 27.0. The Labute approximate surface area is 195 Å². The van der Waals surface area contributed by atoms with Crippen molar-refractivity contribution in [1.29, 1.82) is 0 Å². The van der Waals surface area contributed by atoms with Crippen molar-refractivity contribution in [1.82, 2.24) is 0 Å². The fraction of sp³-hybridized carbons (Fsp3) is 0.680. The number of fused-ring (bicyclic) bond motifs is 1. The van der Waals surface area contributed by atoms with Crippen LogP contribution < -0.4 is 0 Å². The number of hydrogen-bond acceptors (Lipinski definition) is 3. The van der Waals surface area contributed by atoms with Gasteiger partial charge in [-0.25, -0.2) is 0 Å². The van der Waals surface area contributed by atoms with Crippen LogP contribution in [0, 0.1) is 11.3 Å². The Bertz CT molecular complexity index is 841. The highest BCUT2D eigenvalue weighted by Gasteiger charge is 2.68. The average Bonchev–Trinajstić information content (AvgIpc) is 3.03. The SMILES string of the molecule is C[C@]12CCC/C(=C\C=C3C[C@@H](O)C[C@H](O)C3)C1CC=C2CC/C=C\C(O)(C(F)(F)F)C(F)(F)F. The second-order valence-corrected chi connectivity index (χ2v) is 10.0. The van der Waals surface area contributed by atoms with E-state index in [2.05, 4.69) is 13.0 Å². The molecule has 34 heavy (non-hydrogen) atoms. The standard InChI is InChI=1S/C25H32F6O3/c1-22-11-4-5-17(8-7-16-13-19(32)15-20(33)14-16)21(22)10-9-18(22)6-2-3-12-23(34,24(26,27)28)25(29,30)31/h3,7-9,12,19-21,32-34H,2,4-6,10-11,13-15H2,1H3/b12-3-,17-8+/t19-,20-,21?,22-/m1/s1. The number of halogens is 6. The molecule has 2 fully saturated rings. The van der Waals surface area contributed by atoms with Gasteiger partial charge in [-0.1, -0.05) is 47.9 Å². The minimum atomic E-state index is -5.85. The van der Waals surface area contributed by atoms with E-state index >= 15 is 0 Å². The third-order valence-electron chi connectivity index (χ3n) is 7.59. The smallest absolute Gasteiger partial charge is 0.393 e. The predicted octanol–water partition coefficient (Wildman–Crippen LogP) is 6.07. The molecular weight excluding hydrogens is 462 g/mol. The van der Waals surface area contributed by atoms with Crippen LogP contribution in [0.2, 0.25) is 0 Å². The number of aliphatic hydroxyl groups excluding tert-OH is 2. The van der Waals surface area contributed by atoms with Crippen molar-refractivity contribution in [2.75, 3.05) is 0 Å². The lowest BCUT2D eigenvalue weighted by atomic mass is 9.63. The highest BCUT2D eigenvalue weighted by molar-refractivity contribution is 5.34. The summed E-state index contributed by atoms with van der Waals surface area (Å²) in [6.45, 7) is 2.09. The van der Waals surface area contributed by atoms with Crippen LogP contribution in [0.1, 0.15) is 64.7 Å². The first-order valence-electron chi connectivity index (χ1n) is 11.6. The lowest BCUT2D eigenvalue weighted by molar-refractivity contribution is -0.347. The van der Waals surface area contributed by atoms with E-state index in [1.54, 1.807) is 0 Å². The van der Waals surface area contributed by atoms with E-state index in [1.165, 1.54) is 5.57 Å². The van der Waals surface area contributed by atoms with Gasteiger partial charge in [0, 0.05) is 0 Å². The molecule has 3 aliphatic rings. The quantitative estimate of drug-likeness (QED) is 0.321. The van der Waals surface area contributed by atoms with Gasteiger partial charge < -0.3 is 15.3 Å². The topological polar surface area (TPSA) is 60.7 Å². The largest absolute Gasteiger partial charge is 0.429 e. The summed E-state index contributed by atoms with van der Waals surface area (Å²) >= 11 is 0. The van der Waals surface area contributed by atoms with Gasteiger partial charge in [-0.2, -0.15) is 26.3 Å². The maximum absolute atomic E-state index is 12.8. The molecule has 3 rings (SSSR count). The summed E-state index contributed by atoms with van der Waals surface area (Å²) in [7, 11) is 0. The molecule has 0 aromatic carbocycles. The summed E-state index contributed by atoms with van der Waals surface area (Å²) in [5, 5.41) is 29.0. The third-order valence-corrected chi connectivity index (χ3v) is 7.59. The van der Waals surface area contributed by atoms with E-state index in [0.717, 1.165) is 42.9 Å². The number of allylic oxidation sites excluding steroid dienone is 6. The minimum absolute atomic E-state index is 0.0402. The van der Waals surface area contributed by atoms with E-state index in [-0.39, 0.29) is 23.8 Å². The molecule has 0 radical (unpaired) electrons. The van der Waals surface area contributed by atoms with Gasteiger partial charge in [0.2, 0.25) is 0 Å². The summed E-state index contributed by atoms with van der Waals surface area (Å²) in [5.41, 5.74) is -1.83. The van der Waals surface area contributed by atoms with E-state index < -0.39 is 30.2 Å². The summed E-state index contributed by atoms with van der Waals surface area (Å²) < 4.78 is 77.0. The van der Waals surface area contributed by atoms with Crippen LogP contribution in [0.5, 0.6) is 0 Å². The minimum Gasteiger partial charge on any atom is -0.393 e. The van der Waals surface area contributed by atoms with E-state index in [1.807, 2.05) is 12.2 Å². The number of hydrogen-bond donors (Lipinski definition) is 3. The van der Waals surface area contributed by atoms with Gasteiger partial charge >= 0.3 is 12.4 Å². The predicted molar refractivity (Wildman–Crippen MR) is 116 cm³/mol. The molecule has 0 spiro atoms. The first-order chi connectivity index (χ1) is 15.7. The van der Waals surface area contributed by atoms with Crippen molar-refractivity contribution in [3.63, 3.8) is 0 Å². The van der Waals surface area contributed by atoms with Crippen LogP contribution >= 0.6 is 0 Å². The van der Waals surface area contributed by atoms with Crippen LogP contribution in [0.3, 0.4) is 0 Å². The zero-order chi connectivity index (χ0) is 25.4. The molecule has 0 aromatic rings. The maximum Gasteiger partial charge on any atom is 0.429 e. The molecule has 192 valence electrons. The molecule has 2 saturated carbocycles. The molecule has 0 aliphatic heterocycles. The van der Waals surface area contributed by atoms with Crippen molar-refractivity contribution in [3.05, 3.63) is 47.1 Å². The van der Waals surface area contributed by atoms with Gasteiger partial charge in [-0.3, -0.25) is 0 Å². The van der Waals surface area contributed by atoms with Gasteiger partial charge in [0.25, 0.3) is 5.60 Å². The van der Waals surface area contributed by atoms with Crippen molar-refractivity contribution >= 4 is 0 Å². The normalized spacial score (nSPS) is 32.3. The molecule has 4 atom stereocenters. The van der Waals surface area contributed by atoms with Crippen molar-refractivity contribution in [3.8, 4) is 0 Å². The van der Waals surface area contributed by atoms with E-state index in [0.29, 0.717) is 25.7 Å². The maximum atomic E-state index is 12.8. The van der Waals surface area contributed by atoms with Crippen molar-refractivity contribution in [2.45, 2.75) is 94.9 Å². The monoisotopic (exact) mass is 494 g/mol. The molecular formula is C25H32F6O3. The lowest BCUT2D eigenvalue weighted by Gasteiger charge is -2.41. The second kappa shape index (κ2) is 9.82. The zero-order valence-electron chi connectivity index (χ0n) is 19.1. The molecule has 0 aromatic heterocycles. The van der Waals surface area contributed by atoms with Gasteiger partial charge in [0.05, 0.1) is 12.2 Å². The third kappa shape index (κ3) is 5.46. The molecule has 0 heterocycles. The van der Waals surface area contributed by atoms with Gasteiger partial charge in [0.15, 0.2) is 0 Å². The fourth-order valence-electron chi connectivity index (χ4n) is 5.67. The highest BCUT2D eigenvalue weighted by atomic mass is 19.4. The second-order valence-electron chi connectivity index (χ2n) is 10.0. The number of alkyl halides is 6. The molecule has 0 amide bonds. The molecule has 1 unspecified atom stereocenters. The Morgan fingerprint density at radius 3 is 2.24 bits per heavy atom. The molecule has 3 nitrogen and oxygen atoms in total. The zero-order valence-corrected chi connectivity index (χ0v) is 19.1. The van der Waals surface area contributed by atoms with Crippen molar-refractivity contribution < 1.29 is 41.7 Å². The Morgan fingerprint density at radius 2 is 1.65 bits per heavy atom. The fourth-order valence-corrected chi connectivity index (χ4v) is 5.67. The number of rotatable bonds is 5. The Morgan fingerprint density at radius 1 is 1.03 bits per heavy atom. The molecule has 0 bridgehead atoms. The number of aliphatic hydroxyl groups is 3. The van der Waals surface area contributed by atoms with Crippen LogP contribution in [0.4, 0.5) is 26.3 Å². The van der Waals surface area contributed by atoms with Gasteiger partial charge in [-0.05, 0) is 75.2 Å². The summed E-state index contributed by atoms with van der Waals surface area (Å²) in [5.74, 6) is 0.206. The van der Waals surface area contributed by atoms with Gasteiger partial charge in [-0.15, -0.1) is 0 Å². The van der Waals surface area contributed by atoms with Crippen LogP contribution in [-0.4, -0.2) is 45.5 Å². The Balaban J connectivity index is 1.67. The van der Waals surface area contributed by atoms with E-state index in [9.17, 15) is 41.7 Å². The lowest BCUT2D eigenvalue weighted by Crippen LogP contribution is -2.55. The highest BCUT2D eigenvalue weighted by Crippen LogP contribution is 2.56. The van der Waals surface area contributed by atoms with Crippen LogP contribution in [0.25, 0.3) is 0 Å². The van der Waals surface area contributed by atoms with Crippen LogP contribution in [-0.2, 0) is 0 Å². The summed E-state index contributed by atoms with van der Waals surface area (Å²) in [6, 6.07) is 0. The summed E-state index contributed by atoms with van der Waals surface area (Å²) in [4.78, 5) is 0. The first-order valence-corrected chi connectivity index (χ1v) is 11.6. The average molecular weight is 495 g/mol. The van der Waals surface area contributed by atoms with E-state index in [4.69, 9.17) is 0 Å². The Kier molecular flexibility index (Phi) is 7.80. The molecule has 3 aliphatic carbocycles. The van der Waals surface area contributed by atoms with Crippen LogP contribution in [0.15, 0.2) is 47.1 Å². The molecule has 0 saturated heterocycles. The molecule has 9 heteroatoms. The Hall–Kier alpha value is -1.58. The molecule has 3 N–H and O–H groups in total. The van der Waals surface area contributed by atoms with Crippen molar-refractivity contribution in [2.24, 2.45) is 11.3 Å². The van der Waals surface area contributed by atoms with Gasteiger partial charge in [0.1, 0.15) is 0 Å². The summed E-state index contributed by atoms with van der Waals surface area (Å²) in [6.07, 6.45) is -0.981.